The molecule has 3 aliphatic heterocycles. The van der Waals surface area contributed by atoms with Crippen LogP contribution in [0.3, 0.4) is 0 Å². The van der Waals surface area contributed by atoms with Crippen LogP contribution >= 0.6 is 15.9 Å². The molecule has 7 heteroatoms. The van der Waals surface area contributed by atoms with Crippen LogP contribution in [0, 0.1) is 11.8 Å². The predicted molar refractivity (Wildman–Crippen MR) is 89.1 cm³/mol. The number of hydrogen-bond acceptors (Lipinski definition) is 5. The number of hydrogen-bond donors (Lipinski definition) is 1. The summed E-state index contributed by atoms with van der Waals surface area (Å²) in [4.78, 5) is 39.4. The highest BCUT2D eigenvalue weighted by molar-refractivity contribution is 9.11. The Hall–Kier alpha value is -2.15. The topological polar surface area (TPSA) is 75.7 Å². The van der Waals surface area contributed by atoms with Crippen LogP contribution in [-0.2, 0) is 19.1 Å². The van der Waals surface area contributed by atoms with Gasteiger partial charge in [-0.3, -0.25) is 14.5 Å². The van der Waals surface area contributed by atoms with E-state index in [0.29, 0.717) is 10.2 Å². The van der Waals surface area contributed by atoms with Gasteiger partial charge >= 0.3 is 5.97 Å². The number of halogens is 1. The van der Waals surface area contributed by atoms with E-state index >= 15 is 0 Å². The van der Waals surface area contributed by atoms with E-state index in [9.17, 15) is 14.4 Å². The molecule has 4 atom stereocenters. The van der Waals surface area contributed by atoms with Gasteiger partial charge < -0.3 is 10.1 Å². The lowest BCUT2D eigenvalue weighted by Gasteiger charge is -2.47. The molecule has 2 amide bonds. The van der Waals surface area contributed by atoms with Crippen molar-refractivity contribution in [3.63, 3.8) is 0 Å². The molecule has 4 aliphatic rings. The summed E-state index contributed by atoms with van der Waals surface area (Å²) in [6.45, 7) is 2.03. The Bertz CT molecular complexity index is 778. The third-order valence-corrected chi connectivity index (χ3v) is 5.59. The number of carbonyl (C=O) groups is 3. The highest BCUT2D eigenvalue weighted by atomic mass is 79.9. The highest BCUT2D eigenvalue weighted by Crippen LogP contribution is 2.51. The molecule has 1 aliphatic carbocycles. The fraction of sp³-hybridized carbons (Fsp3) is 0.353. The summed E-state index contributed by atoms with van der Waals surface area (Å²) in [6.07, 6.45) is 0.956. The van der Waals surface area contributed by atoms with Gasteiger partial charge in [-0.05, 0) is 25.1 Å². The van der Waals surface area contributed by atoms with Crippen LogP contribution in [0.1, 0.15) is 6.92 Å². The molecule has 2 bridgehead atoms. The molecule has 0 radical (unpaired) electrons. The zero-order valence-electron chi connectivity index (χ0n) is 12.9. The van der Waals surface area contributed by atoms with E-state index in [1.165, 1.54) is 4.90 Å². The minimum absolute atomic E-state index is 0.282. The second-order valence-electron chi connectivity index (χ2n) is 6.14. The van der Waals surface area contributed by atoms with Gasteiger partial charge in [0.2, 0.25) is 11.8 Å². The molecule has 24 heavy (non-hydrogen) atoms. The summed E-state index contributed by atoms with van der Waals surface area (Å²) in [7, 11) is 0. The zero-order chi connectivity index (χ0) is 17.1. The third-order valence-electron chi connectivity index (χ3n) is 4.91. The SMILES string of the molecule is CCN1C(=O)[C@@H]2[C@@H]3OC(=O)[C@@](Nc4ccccc4)(C=C3Br)[C@@H]2C1=O. The number of carbonyl (C=O) groups excluding carboxylic acids is 3. The van der Waals surface area contributed by atoms with Crippen LogP contribution in [0.15, 0.2) is 40.9 Å². The lowest BCUT2D eigenvalue weighted by molar-refractivity contribution is -0.170. The normalized spacial score (nSPS) is 34.1. The van der Waals surface area contributed by atoms with E-state index in [2.05, 4.69) is 21.2 Å². The van der Waals surface area contributed by atoms with E-state index in [-0.39, 0.29) is 18.4 Å². The van der Waals surface area contributed by atoms with Gasteiger partial charge in [0, 0.05) is 16.7 Å². The lowest BCUT2D eigenvalue weighted by Crippen LogP contribution is -2.65. The summed E-state index contributed by atoms with van der Waals surface area (Å²) in [5.74, 6) is -2.62. The van der Waals surface area contributed by atoms with Crippen LogP contribution in [-0.4, -0.2) is 40.9 Å². The van der Waals surface area contributed by atoms with Crippen LogP contribution in [0.25, 0.3) is 0 Å². The molecule has 0 aromatic heterocycles. The van der Waals surface area contributed by atoms with Crippen molar-refractivity contribution in [1.29, 1.82) is 0 Å². The predicted octanol–water partition coefficient (Wildman–Crippen LogP) is 1.68. The van der Waals surface area contributed by atoms with Gasteiger partial charge in [-0.15, -0.1) is 0 Å². The highest BCUT2D eigenvalue weighted by Gasteiger charge is 2.69. The molecule has 2 fully saturated rings. The largest absolute Gasteiger partial charge is 0.454 e. The number of nitrogens with one attached hydrogen (secondary N) is 1. The fourth-order valence-electron chi connectivity index (χ4n) is 3.86. The maximum atomic E-state index is 12.8. The number of ether oxygens (including phenoxy) is 1. The van der Waals surface area contributed by atoms with E-state index in [1.807, 2.05) is 18.2 Å². The van der Waals surface area contributed by atoms with Crippen molar-refractivity contribution in [2.45, 2.75) is 18.6 Å². The summed E-state index contributed by atoms with van der Waals surface area (Å²) in [5, 5.41) is 3.15. The number of esters is 1. The van der Waals surface area contributed by atoms with Crippen molar-refractivity contribution in [3.05, 3.63) is 40.9 Å². The van der Waals surface area contributed by atoms with Crippen molar-refractivity contribution in [1.82, 2.24) is 4.90 Å². The number of benzene rings is 1. The second kappa shape index (κ2) is 5.17. The maximum absolute atomic E-state index is 12.8. The van der Waals surface area contributed by atoms with Gasteiger partial charge in [-0.2, -0.15) is 0 Å². The first-order valence-corrected chi connectivity index (χ1v) is 8.56. The van der Waals surface area contributed by atoms with Gasteiger partial charge in [-0.25, -0.2) is 4.79 Å². The third kappa shape index (κ3) is 1.84. The number of nitrogens with zero attached hydrogens (tertiary/aromatic N) is 1. The molecule has 1 aromatic rings. The number of fused-ring (bicyclic) bond motifs is 1. The van der Waals surface area contributed by atoms with Crippen molar-refractivity contribution in [3.8, 4) is 0 Å². The van der Waals surface area contributed by atoms with E-state index in [4.69, 9.17) is 4.74 Å². The number of likely N-dealkylation sites (tertiary alicyclic amines) is 1. The van der Waals surface area contributed by atoms with E-state index in [1.54, 1.807) is 25.1 Å². The molecule has 124 valence electrons. The van der Waals surface area contributed by atoms with Crippen LogP contribution in [0.5, 0.6) is 0 Å². The van der Waals surface area contributed by atoms with Crippen LogP contribution in [0.2, 0.25) is 0 Å². The average molecular weight is 391 g/mol. The first-order valence-electron chi connectivity index (χ1n) is 7.77. The Morgan fingerprint density at radius 2 is 1.92 bits per heavy atom. The summed E-state index contributed by atoms with van der Waals surface area (Å²) in [6, 6.07) is 9.12. The molecular formula is C17H15BrN2O4. The minimum atomic E-state index is -1.38. The number of imide groups is 1. The van der Waals surface area contributed by atoms with Gasteiger partial charge in [0.15, 0.2) is 5.54 Å². The second-order valence-corrected chi connectivity index (χ2v) is 7.06. The van der Waals surface area contributed by atoms with Crippen molar-refractivity contribution >= 4 is 39.4 Å². The molecule has 6 nitrogen and oxygen atoms in total. The van der Waals surface area contributed by atoms with E-state index < -0.39 is 29.4 Å². The first kappa shape index (κ1) is 15.4. The average Bonchev–Trinajstić information content (AvgIpc) is 2.82. The Labute approximate surface area is 147 Å². The Morgan fingerprint density at radius 3 is 2.58 bits per heavy atom. The smallest absolute Gasteiger partial charge is 0.337 e. The molecule has 1 aromatic carbocycles. The zero-order valence-corrected chi connectivity index (χ0v) is 14.4. The molecule has 0 unspecified atom stereocenters. The van der Waals surface area contributed by atoms with Crippen LogP contribution in [0.4, 0.5) is 5.69 Å². The summed E-state index contributed by atoms with van der Waals surface area (Å²) >= 11 is 3.41. The lowest BCUT2D eigenvalue weighted by atomic mass is 9.68. The van der Waals surface area contributed by atoms with E-state index in [0.717, 1.165) is 0 Å². The molecule has 1 N–H and O–H groups in total. The molecule has 0 spiro atoms. The van der Waals surface area contributed by atoms with Gasteiger partial charge in [0.05, 0.1) is 11.8 Å². The molecule has 5 rings (SSSR count). The first-order chi connectivity index (χ1) is 11.5. The molecule has 3 heterocycles. The Morgan fingerprint density at radius 1 is 1.21 bits per heavy atom. The summed E-state index contributed by atoms with van der Waals surface area (Å²) < 4.78 is 6.10. The minimum Gasteiger partial charge on any atom is -0.454 e. The Kier molecular flexibility index (Phi) is 3.32. The quantitative estimate of drug-likeness (QED) is 0.627. The molecule has 0 saturated carbocycles. The molecular weight excluding hydrogens is 376 g/mol. The number of para-hydroxylation sites is 1. The standard InChI is InChI=1S/C17H15BrN2O4/c1-2-20-14(21)11-12(15(20)22)17(19-9-6-4-3-5-7-9)8-10(18)13(11)24-16(17)23/h3-8,11-13,19H,2H2,1H3/t11-,12-,13+,17+/m0/s1. The number of rotatable bonds is 3. The van der Waals surface area contributed by atoms with Crippen molar-refractivity contribution in [2.24, 2.45) is 11.8 Å². The monoisotopic (exact) mass is 390 g/mol. The fourth-order valence-corrected chi connectivity index (χ4v) is 4.60. The number of amides is 2. The molecule has 2 saturated heterocycles. The van der Waals surface area contributed by atoms with Crippen molar-refractivity contribution in [2.75, 3.05) is 11.9 Å². The van der Waals surface area contributed by atoms with Gasteiger partial charge in [0.1, 0.15) is 6.10 Å². The van der Waals surface area contributed by atoms with Gasteiger partial charge in [0.25, 0.3) is 0 Å². The summed E-state index contributed by atoms with van der Waals surface area (Å²) in [5.41, 5.74) is -0.698. The van der Waals surface area contributed by atoms with Crippen molar-refractivity contribution < 1.29 is 19.1 Å². The maximum Gasteiger partial charge on any atom is 0.337 e. The van der Waals surface area contributed by atoms with Gasteiger partial charge in [-0.1, -0.05) is 34.1 Å². The van der Waals surface area contributed by atoms with Crippen LogP contribution < -0.4 is 5.32 Å². The Balaban J connectivity index is 1.86. The number of anilines is 1.